The van der Waals surface area contributed by atoms with Gasteiger partial charge in [-0.3, -0.25) is 4.79 Å². The number of likely N-dealkylation sites (tertiary alicyclic amines) is 1. The van der Waals surface area contributed by atoms with Gasteiger partial charge < -0.3 is 20.1 Å². The number of carboxylic acid groups (broad SMARTS) is 1. The summed E-state index contributed by atoms with van der Waals surface area (Å²) < 4.78 is 5.47. The Labute approximate surface area is 181 Å². The summed E-state index contributed by atoms with van der Waals surface area (Å²) >= 11 is 0. The third-order valence-electron chi connectivity index (χ3n) is 6.04. The van der Waals surface area contributed by atoms with E-state index >= 15 is 0 Å². The highest BCUT2D eigenvalue weighted by Crippen LogP contribution is 2.44. The van der Waals surface area contributed by atoms with E-state index in [9.17, 15) is 19.5 Å². The van der Waals surface area contributed by atoms with E-state index in [1.807, 2.05) is 24.3 Å². The molecular formula is C24H26N2O5. The highest BCUT2D eigenvalue weighted by Gasteiger charge is 2.33. The molecule has 2 aliphatic rings. The molecule has 1 aliphatic heterocycles. The molecule has 4 rings (SSSR count). The van der Waals surface area contributed by atoms with Crippen molar-refractivity contribution in [2.75, 3.05) is 19.7 Å². The first-order valence-corrected chi connectivity index (χ1v) is 10.7. The van der Waals surface area contributed by atoms with Crippen LogP contribution in [0.1, 0.15) is 42.7 Å². The number of carbonyl (C=O) groups excluding carboxylic acids is 2. The molecule has 1 atom stereocenters. The lowest BCUT2D eigenvalue weighted by atomic mass is 9.98. The van der Waals surface area contributed by atoms with Crippen LogP contribution in [0.3, 0.4) is 0 Å². The normalized spacial score (nSPS) is 17.2. The summed E-state index contributed by atoms with van der Waals surface area (Å²) in [6.07, 6.45) is 1.33. The van der Waals surface area contributed by atoms with Gasteiger partial charge in [-0.05, 0) is 41.5 Å². The smallest absolute Gasteiger partial charge is 0.407 e. The standard InChI is InChI=1S/C24H26N2O5/c27-22(26-14-6-11-21(26)23(28)29)12-5-13-25-24(30)31-15-20-18-9-3-1-7-16(18)17-8-2-4-10-19(17)20/h1-4,7-10,20-21H,5-6,11-15H2,(H,25,30)(H,28,29)/t21-/m1/s1. The summed E-state index contributed by atoms with van der Waals surface area (Å²) in [5.41, 5.74) is 4.65. The molecule has 2 N–H and O–H groups in total. The van der Waals surface area contributed by atoms with Crippen molar-refractivity contribution in [3.63, 3.8) is 0 Å². The number of benzene rings is 2. The minimum atomic E-state index is -0.956. The highest BCUT2D eigenvalue weighted by molar-refractivity contribution is 5.84. The van der Waals surface area contributed by atoms with Crippen LogP contribution in [0.15, 0.2) is 48.5 Å². The number of nitrogens with one attached hydrogen (secondary N) is 1. The Morgan fingerprint density at radius 2 is 1.68 bits per heavy atom. The van der Waals surface area contributed by atoms with Gasteiger partial charge in [0.05, 0.1) is 0 Å². The number of nitrogens with zero attached hydrogens (tertiary/aromatic N) is 1. The summed E-state index contributed by atoms with van der Waals surface area (Å²) in [6.45, 7) is 1.02. The van der Waals surface area contributed by atoms with Gasteiger partial charge in [0, 0.05) is 25.4 Å². The summed E-state index contributed by atoms with van der Waals surface area (Å²) in [6, 6.07) is 15.6. The molecule has 7 nitrogen and oxygen atoms in total. The van der Waals surface area contributed by atoms with Crippen LogP contribution >= 0.6 is 0 Å². The van der Waals surface area contributed by atoms with Crippen molar-refractivity contribution in [2.24, 2.45) is 0 Å². The SMILES string of the molecule is O=C(NCCCC(=O)N1CCC[C@@H]1C(=O)O)OCC1c2ccccc2-c2ccccc21. The maximum Gasteiger partial charge on any atom is 0.407 e. The average molecular weight is 422 g/mol. The molecule has 1 aliphatic carbocycles. The van der Waals surface area contributed by atoms with E-state index in [0.717, 1.165) is 11.1 Å². The summed E-state index contributed by atoms with van der Waals surface area (Å²) in [5.74, 6) is -1.13. The minimum absolute atomic E-state index is 0.00264. The first-order valence-electron chi connectivity index (χ1n) is 10.7. The van der Waals surface area contributed by atoms with E-state index in [1.54, 1.807) is 0 Å². The molecule has 7 heteroatoms. The molecule has 2 aromatic rings. The van der Waals surface area contributed by atoms with E-state index in [4.69, 9.17) is 4.74 Å². The van der Waals surface area contributed by atoms with Crippen molar-refractivity contribution < 1.29 is 24.2 Å². The van der Waals surface area contributed by atoms with Crippen molar-refractivity contribution >= 4 is 18.0 Å². The maximum atomic E-state index is 12.3. The Kier molecular flexibility index (Phi) is 6.21. The van der Waals surface area contributed by atoms with Gasteiger partial charge in [-0.15, -0.1) is 0 Å². The lowest BCUT2D eigenvalue weighted by Gasteiger charge is -2.21. The predicted molar refractivity (Wildman–Crippen MR) is 115 cm³/mol. The van der Waals surface area contributed by atoms with Gasteiger partial charge in [-0.25, -0.2) is 9.59 Å². The average Bonchev–Trinajstić information content (AvgIpc) is 3.39. The number of carbonyl (C=O) groups is 3. The molecule has 1 heterocycles. The van der Waals surface area contributed by atoms with Crippen LogP contribution in [0.2, 0.25) is 0 Å². The number of aliphatic carboxylic acids is 1. The zero-order valence-electron chi connectivity index (χ0n) is 17.3. The second kappa shape index (κ2) is 9.20. The molecule has 31 heavy (non-hydrogen) atoms. The lowest BCUT2D eigenvalue weighted by Crippen LogP contribution is -2.40. The molecule has 0 bridgehead atoms. The number of ether oxygens (including phenoxy) is 1. The fourth-order valence-electron chi connectivity index (χ4n) is 4.55. The predicted octanol–water partition coefficient (Wildman–Crippen LogP) is 3.38. The van der Waals surface area contributed by atoms with E-state index in [0.29, 0.717) is 32.4 Å². The Morgan fingerprint density at radius 1 is 1.03 bits per heavy atom. The van der Waals surface area contributed by atoms with Gasteiger partial charge >= 0.3 is 12.1 Å². The quantitative estimate of drug-likeness (QED) is 0.667. The van der Waals surface area contributed by atoms with Gasteiger partial charge in [0.25, 0.3) is 0 Å². The van der Waals surface area contributed by atoms with E-state index < -0.39 is 18.1 Å². The monoisotopic (exact) mass is 422 g/mol. The van der Waals surface area contributed by atoms with Crippen LogP contribution < -0.4 is 5.32 Å². The lowest BCUT2D eigenvalue weighted by molar-refractivity contribution is -0.148. The number of rotatable bonds is 7. The van der Waals surface area contributed by atoms with Gasteiger partial charge in [-0.2, -0.15) is 0 Å². The van der Waals surface area contributed by atoms with Crippen molar-refractivity contribution in [2.45, 2.75) is 37.6 Å². The topological polar surface area (TPSA) is 95.9 Å². The number of fused-ring (bicyclic) bond motifs is 3. The largest absolute Gasteiger partial charge is 0.480 e. The zero-order chi connectivity index (χ0) is 21.8. The maximum absolute atomic E-state index is 12.3. The number of carboxylic acids is 1. The van der Waals surface area contributed by atoms with Gasteiger partial charge in [0.1, 0.15) is 12.6 Å². The summed E-state index contributed by atoms with van der Waals surface area (Å²) in [4.78, 5) is 37.0. The number of hydrogen-bond acceptors (Lipinski definition) is 4. The van der Waals surface area contributed by atoms with Crippen molar-refractivity contribution in [1.29, 1.82) is 0 Å². The highest BCUT2D eigenvalue weighted by atomic mass is 16.5. The molecule has 162 valence electrons. The molecule has 0 saturated carbocycles. The van der Waals surface area contributed by atoms with Crippen LogP contribution in [0, 0.1) is 0 Å². The van der Waals surface area contributed by atoms with E-state index in [-0.39, 0.29) is 24.9 Å². The Morgan fingerprint density at radius 3 is 2.32 bits per heavy atom. The second-order valence-electron chi connectivity index (χ2n) is 7.94. The molecule has 0 aromatic heterocycles. The summed E-state index contributed by atoms with van der Waals surface area (Å²) in [5, 5.41) is 11.9. The summed E-state index contributed by atoms with van der Waals surface area (Å²) in [7, 11) is 0. The molecule has 1 saturated heterocycles. The van der Waals surface area contributed by atoms with E-state index in [2.05, 4.69) is 29.6 Å². The van der Waals surface area contributed by atoms with Gasteiger partial charge in [0.2, 0.25) is 5.91 Å². The van der Waals surface area contributed by atoms with Crippen LogP contribution in [0.5, 0.6) is 0 Å². The second-order valence-corrected chi connectivity index (χ2v) is 7.94. The molecule has 0 radical (unpaired) electrons. The van der Waals surface area contributed by atoms with Crippen LogP contribution in [0.4, 0.5) is 4.79 Å². The Bertz CT molecular complexity index is 944. The molecule has 0 spiro atoms. The Balaban J connectivity index is 1.23. The molecule has 0 unspecified atom stereocenters. The van der Waals surface area contributed by atoms with Crippen molar-refractivity contribution in [3.8, 4) is 11.1 Å². The van der Waals surface area contributed by atoms with Gasteiger partial charge in [0.15, 0.2) is 0 Å². The molecule has 2 aromatic carbocycles. The number of hydrogen-bond donors (Lipinski definition) is 2. The third kappa shape index (κ3) is 4.40. The minimum Gasteiger partial charge on any atom is -0.480 e. The van der Waals surface area contributed by atoms with Crippen LogP contribution in [0.25, 0.3) is 11.1 Å². The van der Waals surface area contributed by atoms with Crippen molar-refractivity contribution in [1.82, 2.24) is 10.2 Å². The van der Waals surface area contributed by atoms with E-state index in [1.165, 1.54) is 16.0 Å². The van der Waals surface area contributed by atoms with Gasteiger partial charge in [-0.1, -0.05) is 48.5 Å². The molecule has 1 fully saturated rings. The van der Waals surface area contributed by atoms with Crippen LogP contribution in [-0.2, 0) is 14.3 Å². The Hall–Kier alpha value is -3.35. The molecule has 2 amide bonds. The zero-order valence-corrected chi connectivity index (χ0v) is 17.3. The first-order chi connectivity index (χ1) is 15.1. The van der Waals surface area contributed by atoms with Crippen LogP contribution in [-0.4, -0.2) is 53.7 Å². The van der Waals surface area contributed by atoms with Crippen molar-refractivity contribution in [3.05, 3.63) is 59.7 Å². The fourth-order valence-corrected chi connectivity index (χ4v) is 4.55. The third-order valence-corrected chi connectivity index (χ3v) is 6.04. The first kappa shape index (κ1) is 20.9. The number of alkyl carbamates (subject to hydrolysis) is 1. The number of amides is 2. The molecular weight excluding hydrogens is 396 g/mol. The fraction of sp³-hybridized carbons (Fsp3) is 0.375.